The van der Waals surface area contributed by atoms with Crippen LogP contribution < -0.4 is 4.90 Å². The number of nitrogens with zero attached hydrogens (tertiary/aromatic N) is 1. The first-order chi connectivity index (χ1) is 11.1. The number of rotatable bonds is 4. The van der Waals surface area contributed by atoms with Crippen LogP contribution >= 0.6 is 0 Å². The average molecular weight is 329 g/mol. The van der Waals surface area contributed by atoms with Gasteiger partial charge in [0.15, 0.2) is 9.84 Å². The van der Waals surface area contributed by atoms with Crippen LogP contribution in [0.1, 0.15) is 12.0 Å². The summed E-state index contributed by atoms with van der Waals surface area (Å²) >= 11 is 0. The van der Waals surface area contributed by atoms with E-state index in [0.717, 1.165) is 11.3 Å². The second-order valence-electron chi connectivity index (χ2n) is 5.85. The van der Waals surface area contributed by atoms with E-state index in [1.54, 1.807) is 4.90 Å². The molecule has 120 valence electrons. The lowest BCUT2D eigenvalue weighted by atomic mass is 10.1. The van der Waals surface area contributed by atoms with Crippen LogP contribution in [-0.2, 0) is 21.2 Å². The molecule has 1 heterocycles. The van der Waals surface area contributed by atoms with Crippen molar-refractivity contribution in [2.24, 2.45) is 5.92 Å². The molecule has 0 N–H and O–H groups in total. The summed E-state index contributed by atoms with van der Waals surface area (Å²) in [7, 11) is -3.08. The quantitative estimate of drug-likeness (QED) is 0.866. The normalized spacial score (nSPS) is 19.4. The number of amides is 1. The van der Waals surface area contributed by atoms with E-state index in [1.807, 2.05) is 60.7 Å². The highest BCUT2D eigenvalue weighted by molar-refractivity contribution is 7.91. The molecule has 0 aromatic heterocycles. The van der Waals surface area contributed by atoms with Crippen LogP contribution in [-0.4, -0.2) is 25.8 Å². The highest BCUT2D eigenvalue weighted by Crippen LogP contribution is 2.25. The first-order valence-corrected chi connectivity index (χ1v) is 9.48. The van der Waals surface area contributed by atoms with E-state index in [0.29, 0.717) is 13.0 Å². The minimum Gasteiger partial charge on any atom is -0.308 e. The molecular formula is C18H19NO3S. The Morgan fingerprint density at radius 1 is 1.00 bits per heavy atom. The predicted octanol–water partition coefficient (Wildman–Crippen LogP) is 2.65. The number of para-hydroxylation sites is 1. The SMILES string of the molecule is O=C(C1CCS(=O)(=O)C1)N(Cc1ccccc1)c1ccccc1. The van der Waals surface area contributed by atoms with Crippen LogP contribution in [0.5, 0.6) is 0 Å². The third-order valence-electron chi connectivity index (χ3n) is 4.10. The number of benzene rings is 2. The van der Waals surface area contributed by atoms with Crippen molar-refractivity contribution in [1.29, 1.82) is 0 Å². The molecule has 0 spiro atoms. The molecule has 0 radical (unpaired) electrons. The molecule has 1 unspecified atom stereocenters. The standard InChI is InChI=1S/C18H19NO3S/c20-18(16-11-12-23(21,22)14-16)19(17-9-5-2-6-10-17)13-15-7-3-1-4-8-15/h1-10,16H,11-14H2. The first kappa shape index (κ1) is 15.7. The molecule has 1 amide bonds. The van der Waals surface area contributed by atoms with E-state index >= 15 is 0 Å². The number of anilines is 1. The van der Waals surface area contributed by atoms with Crippen LogP contribution in [0.3, 0.4) is 0 Å². The van der Waals surface area contributed by atoms with Crippen LogP contribution in [0.15, 0.2) is 60.7 Å². The fourth-order valence-electron chi connectivity index (χ4n) is 2.88. The maximum atomic E-state index is 12.9. The Balaban J connectivity index is 1.88. The van der Waals surface area contributed by atoms with E-state index in [9.17, 15) is 13.2 Å². The van der Waals surface area contributed by atoms with Gasteiger partial charge in [0.05, 0.1) is 24.0 Å². The zero-order valence-electron chi connectivity index (χ0n) is 12.8. The minimum atomic E-state index is -3.08. The molecule has 0 aliphatic carbocycles. The molecular weight excluding hydrogens is 310 g/mol. The molecule has 5 heteroatoms. The topological polar surface area (TPSA) is 54.5 Å². The lowest BCUT2D eigenvalue weighted by Crippen LogP contribution is -2.36. The van der Waals surface area contributed by atoms with Gasteiger partial charge in [0.2, 0.25) is 5.91 Å². The third kappa shape index (κ3) is 3.79. The van der Waals surface area contributed by atoms with Crippen LogP contribution in [0.25, 0.3) is 0 Å². The number of carbonyl (C=O) groups is 1. The molecule has 0 saturated carbocycles. The summed E-state index contributed by atoms with van der Waals surface area (Å²) in [5.41, 5.74) is 1.82. The second-order valence-corrected chi connectivity index (χ2v) is 8.07. The summed E-state index contributed by atoms with van der Waals surface area (Å²) in [6, 6.07) is 19.2. The van der Waals surface area contributed by atoms with Crippen molar-refractivity contribution in [2.75, 3.05) is 16.4 Å². The van der Waals surface area contributed by atoms with Gasteiger partial charge in [-0.3, -0.25) is 4.79 Å². The number of hydrogen-bond acceptors (Lipinski definition) is 3. The van der Waals surface area contributed by atoms with Crippen molar-refractivity contribution in [3.05, 3.63) is 66.2 Å². The Bertz CT molecular complexity index is 772. The van der Waals surface area contributed by atoms with Gasteiger partial charge in [-0.15, -0.1) is 0 Å². The Hall–Kier alpha value is -2.14. The van der Waals surface area contributed by atoms with Gasteiger partial charge in [0.25, 0.3) is 0 Å². The molecule has 4 nitrogen and oxygen atoms in total. The van der Waals surface area contributed by atoms with Crippen molar-refractivity contribution < 1.29 is 13.2 Å². The lowest BCUT2D eigenvalue weighted by Gasteiger charge is -2.25. The smallest absolute Gasteiger partial charge is 0.231 e. The zero-order chi connectivity index (χ0) is 16.3. The first-order valence-electron chi connectivity index (χ1n) is 7.66. The molecule has 3 rings (SSSR count). The summed E-state index contributed by atoms with van der Waals surface area (Å²) < 4.78 is 23.4. The molecule has 1 fully saturated rings. The summed E-state index contributed by atoms with van der Waals surface area (Å²) in [4.78, 5) is 14.6. The van der Waals surface area contributed by atoms with E-state index in [2.05, 4.69) is 0 Å². The molecule has 23 heavy (non-hydrogen) atoms. The van der Waals surface area contributed by atoms with Crippen molar-refractivity contribution in [3.8, 4) is 0 Å². The zero-order valence-corrected chi connectivity index (χ0v) is 13.6. The Morgan fingerprint density at radius 2 is 1.61 bits per heavy atom. The largest absolute Gasteiger partial charge is 0.308 e. The van der Waals surface area contributed by atoms with Gasteiger partial charge in [-0.1, -0.05) is 48.5 Å². The van der Waals surface area contributed by atoms with Crippen molar-refractivity contribution in [3.63, 3.8) is 0 Å². The fourth-order valence-corrected chi connectivity index (χ4v) is 4.61. The molecule has 0 bridgehead atoms. The summed E-state index contributed by atoms with van der Waals surface area (Å²) in [5, 5.41) is 0. The Morgan fingerprint density at radius 3 is 2.17 bits per heavy atom. The summed E-state index contributed by atoms with van der Waals surface area (Å²) in [6.45, 7) is 0.445. The maximum absolute atomic E-state index is 12.9. The molecule has 2 aromatic carbocycles. The molecule has 1 saturated heterocycles. The van der Waals surface area contributed by atoms with Gasteiger partial charge in [0, 0.05) is 5.69 Å². The molecule has 1 aliphatic rings. The predicted molar refractivity (Wildman–Crippen MR) is 90.8 cm³/mol. The van der Waals surface area contributed by atoms with Gasteiger partial charge < -0.3 is 4.90 Å². The van der Waals surface area contributed by atoms with E-state index < -0.39 is 15.8 Å². The van der Waals surface area contributed by atoms with Crippen LogP contribution in [0, 0.1) is 5.92 Å². The number of carbonyl (C=O) groups excluding carboxylic acids is 1. The second kappa shape index (κ2) is 6.54. The van der Waals surface area contributed by atoms with E-state index in [1.165, 1.54) is 0 Å². The highest BCUT2D eigenvalue weighted by Gasteiger charge is 2.35. The van der Waals surface area contributed by atoms with Gasteiger partial charge in [-0.25, -0.2) is 8.42 Å². The fraction of sp³-hybridized carbons (Fsp3) is 0.278. The van der Waals surface area contributed by atoms with Gasteiger partial charge in [-0.2, -0.15) is 0 Å². The molecule has 2 aromatic rings. The van der Waals surface area contributed by atoms with Gasteiger partial charge in [-0.05, 0) is 24.1 Å². The van der Waals surface area contributed by atoms with E-state index in [4.69, 9.17) is 0 Å². The third-order valence-corrected chi connectivity index (χ3v) is 5.87. The number of sulfone groups is 1. The van der Waals surface area contributed by atoms with Crippen LogP contribution in [0.4, 0.5) is 5.69 Å². The maximum Gasteiger partial charge on any atom is 0.231 e. The highest BCUT2D eigenvalue weighted by atomic mass is 32.2. The van der Waals surface area contributed by atoms with Crippen LogP contribution in [0.2, 0.25) is 0 Å². The van der Waals surface area contributed by atoms with Crippen molar-refractivity contribution in [2.45, 2.75) is 13.0 Å². The summed E-state index contributed by atoms with van der Waals surface area (Å²) in [5.74, 6) is -0.480. The minimum absolute atomic E-state index is 0.0377. The molecule has 1 aliphatic heterocycles. The molecule has 1 atom stereocenters. The van der Waals surface area contributed by atoms with Crippen molar-refractivity contribution >= 4 is 21.4 Å². The van der Waals surface area contributed by atoms with E-state index in [-0.39, 0.29) is 17.4 Å². The average Bonchev–Trinajstić information content (AvgIpc) is 2.94. The number of hydrogen-bond donors (Lipinski definition) is 0. The summed E-state index contributed by atoms with van der Waals surface area (Å²) in [6.07, 6.45) is 0.416. The monoisotopic (exact) mass is 329 g/mol. The van der Waals surface area contributed by atoms with Gasteiger partial charge in [0.1, 0.15) is 0 Å². The lowest BCUT2D eigenvalue weighted by molar-refractivity contribution is -0.121. The Kier molecular flexibility index (Phi) is 4.48. The van der Waals surface area contributed by atoms with Crippen molar-refractivity contribution in [1.82, 2.24) is 0 Å². The Labute approximate surface area is 136 Å². The van der Waals surface area contributed by atoms with Gasteiger partial charge >= 0.3 is 0 Å².